The number of carbonyl (C=O) groups is 1. The summed E-state index contributed by atoms with van der Waals surface area (Å²) in [4.78, 5) is 10.9. The van der Waals surface area contributed by atoms with Crippen molar-refractivity contribution in [3.63, 3.8) is 0 Å². The van der Waals surface area contributed by atoms with Crippen molar-refractivity contribution in [3.8, 4) is 0 Å². The van der Waals surface area contributed by atoms with Crippen LogP contribution in [0.15, 0.2) is 64.4 Å². The van der Waals surface area contributed by atoms with Gasteiger partial charge < -0.3 is 5.73 Å². The molecule has 2 N–H and O–H groups in total. The molecule has 0 saturated carbocycles. The highest BCUT2D eigenvalue weighted by atomic mass is 32.2. The van der Waals surface area contributed by atoms with Crippen LogP contribution in [0.25, 0.3) is 6.08 Å². The summed E-state index contributed by atoms with van der Waals surface area (Å²) >= 11 is 0. The number of hydrogen-bond donors (Lipinski definition) is 1. The molecule has 0 heterocycles. The quantitative estimate of drug-likeness (QED) is 0.879. The highest BCUT2D eigenvalue weighted by Gasteiger charge is 2.24. The molecule has 2 aromatic carbocycles. The van der Waals surface area contributed by atoms with Crippen molar-refractivity contribution in [3.05, 3.63) is 70.9 Å². The summed E-state index contributed by atoms with van der Waals surface area (Å²) in [6.07, 6.45) is 1.13. The molecule has 4 nitrogen and oxygen atoms in total. The van der Waals surface area contributed by atoms with E-state index in [4.69, 9.17) is 5.73 Å². The molecule has 2 rings (SSSR count). The van der Waals surface area contributed by atoms with Crippen molar-refractivity contribution < 1.29 is 17.6 Å². The van der Waals surface area contributed by atoms with Crippen LogP contribution in [0.1, 0.15) is 5.56 Å². The second-order valence-corrected chi connectivity index (χ2v) is 6.16. The van der Waals surface area contributed by atoms with Crippen LogP contribution < -0.4 is 5.73 Å². The fourth-order valence-corrected chi connectivity index (χ4v) is 3.04. The van der Waals surface area contributed by atoms with Gasteiger partial charge >= 0.3 is 0 Å². The number of sulfone groups is 1. The Labute approximate surface area is 121 Å². The number of nitrogens with two attached hydrogens (primary N) is 1. The molecule has 6 heteroatoms. The first-order valence-corrected chi connectivity index (χ1v) is 7.47. The van der Waals surface area contributed by atoms with Crippen molar-refractivity contribution in [2.75, 3.05) is 0 Å². The van der Waals surface area contributed by atoms with Gasteiger partial charge in [0.05, 0.1) is 4.90 Å². The molecule has 0 atom stereocenters. The summed E-state index contributed by atoms with van der Waals surface area (Å²) in [6.45, 7) is 0. The lowest BCUT2D eigenvalue weighted by molar-refractivity contribution is -0.113. The zero-order valence-electron chi connectivity index (χ0n) is 10.9. The highest BCUT2D eigenvalue weighted by Crippen LogP contribution is 2.21. The highest BCUT2D eigenvalue weighted by molar-refractivity contribution is 7.96. The van der Waals surface area contributed by atoms with E-state index in [9.17, 15) is 17.6 Å². The standard InChI is InChI=1S/C15H12FNO3S/c16-12-8-6-11(7-9-12)10-14(15(17)18)21(19,20)13-4-2-1-3-5-13/h1-10H,(H2,17,18)/b14-10+. The lowest BCUT2D eigenvalue weighted by Crippen LogP contribution is -2.21. The summed E-state index contributed by atoms with van der Waals surface area (Å²) in [6, 6.07) is 12.5. The number of benzene rings is 2. The van der Waals surface area contributed by atoms with E-state index in [2.05, 4.69) is 0 Å². The van der Waals surface area contributed by atoms with Crippen LogP contribution in [-0.4, -0.2) is 14.3 Å². The fraction of sp³-hybridized carbons (Fsp3) is 0. The van der Waals surface area contributed by atoms with Gasteiger partial charge in [0.2, 0.25) is 9.84 Å². The first-order valence-electron chi connectivity index (χ1n) is 5.98. The second kappa shape index (κ2) is 5.88. The van der Waals surface area contributed by atoms with Crippen LogP contribution in [0.4, 0.5) is 4.39 Å². The molecule has 1 amide bonds. The first kappa shape index (κ1) is 14.9. The van der Waals surface area contributed by atoms with Gasteiger partial charge in [-0.3, -0.25) is 4.79 Å². The molecule has 0 fully saturated rings. The van der Waals surface area contributed by atoms with Gasteiger partial charge in [0.25, 0.3) is 5.91 Å². The molecule has 0 saturated heterocycles. The zero-order chi connectivity index (χ0) is 15.5. The average molecular weight is 305 g/mol. The third-order valence-corrected chi connectivity index (χ3v) is 4.54. The molecule has 0 aromatic heterocycles. The maximum Gasteiger partial charge on any atom is 0.260 e. The zero-order valence-corrected chi connectivity index (χ0v) is 11.7. The lowest BCUT2D eigenvalue weighted by atomic mass is 10.2. The van der Waals surface area contributed by atoms with Crippen molar-refractivity contribution >= 4 is 21.8 Å². The molecule has 0 radical (unpaired) electrons. The monoisotopic (exact) mass is 305 g/mol. The molecule has 0 aliphatic rings. The minimum Gasteiger partial charge on any atom is -0.365 e. The van der Waals surface area contributed by atoms with Crippen molar-refractivity contribution in [2.45, 2.75) is 4.90 Å². The predicted molar refractivity (Wildman–Crippen MR) is 77.2 cm³/mol. The van der Waals surface area contributed by atoms with E-state index in [0.29, 0.717) is 5.56 Å². The van der Waals surface area contributed by atoms with Crippen LogP contribution in [-0.2, 0) is 14.6 Å². The van der Waals surface area contributed by atoms with E-state index in [1.54, 1.807) is 18.2 Å². The number of primary amides is 1. The van der Waals surface area contributed by atoms with Crippen LogP contribution >= 0.6 is 0 Å². The molecule has 108 valence electrons. The second-order valence-electron chi connectivity index (χ2n) is 4.24. The molecule has 2 aromatic rings. The van der Waals surface area contributed by atoms with Crippen molar-refractivity contribution in [2.24, 2.45) is 5.73 Å². The fourth-order valence-electron chi connectivity index (χ4n) is 1.72. The Kier molecular flexibility index (Phi) is 4.18. The summed E-state index contributed by atoms with van der Waals surface area (Å²) in [5, 5.41) is 0. The van der Waals surface area contributed by atoms with Crippen LogP contribution in [0.3, 0.4) is 0 Å². The third-order valence-electron chi connectivity index (χ3n) is 2.75. The molecule has 0 aliphatic heterocycles. The maximum absolute atomic E-state index is 12.9. The Morgan fingerprint density at radius 3 is 2.10 bits per heavy atom. The van der Waals surface area contributed by atoms with Crippen LogP contribution in [0.5, 0.6) is 0 Å². The molecule has 0 unspecified atom stereocenters. The SMILES string of the molecule is NC(=O)/C(=C\c1ccc(F)cc1)S(=O)(=O)c1ccccc1. The summed E-state index contributed by atoms with van der Waals surface area (Å²) in [5.74, 6) is -1.53. The molecule has 0 spiro atoms. The molecular formula is C15H12FNO3S. The van der Waals surface area contributed by atoms with Gasteiger partial charge in [-0.05, 0) is 35.9 Å². The normalized spacial score (nSPS) is 12.1. The Balaban J connectivity index is 2.54. The van der Waals surface area contributed by atoms with E-state index < -0.39 is 26.5 Å². The Morgan fingerprint density at radius 1 is 1.00 bits per heavy atom. The van der Waals surface area contributed by atoms with Gasteiger partial charge in [-0.25, -0.2) is 12.8 Å². The lowest BCUT2D eigenvalue weighted by Gasteiger charge is -2.06. The smallest absolute Gasteiger partial charge is 0.260 e. The summed E-state index contributed by atoms with van der Waals surface area (Å²) in [5.41, 5.74) is 5.54. The minimum absolute atomic E-state index is 0.0304. The van der Waals surface area contributed by atoms with Gasteiger partial charge in [-0.15, -0.1) is 0 Å². The van der Waals surface area contributed by atoms with Gasteiger partial charge in [0.1, 0.15) is 10.7 Å². The van der Waals surface area contributed by atoms with Gasteiger partial charge in [0.15, 0.2) is 0 Å². The number of hydrogen-bond acceptors (Lipinski definition) is 3. The van der Waals surface area contributed by atoms with Crippen LogP contribution in [0, 0.1) is 5.82 Å². The topological polar surface area (TPSA) is 77.2 Å². The van der Waals surface area contributed by atoms with Crippen LogP contribution in [0.2, 0.25) is 0 Å². The number of carbonyl (C=O) groups excluding carboxylic acids is 1. The van der Waals surface area contributed by atoms with E-state index in [1.807, 2.05) is 0 Å². The minimum atomic E-state index is -4.02. The Morgan fingerprint density at radius 2 is 1.57 bits per heavy atom. The maximum atomic E-state index is 12.9. The predicted octanol–water partition coefficient (Wildman–Crippen LogP) is 2.13. The molecule has 0 bridgehead atoms. The average Bonchev–Trinajstić information content (AvgIpc) is 2.47. The third kappa shape index (κ3) is 3.35. The largest absolute Gasteiger partial charge is 0.365 e. The van der Waals surface area contributed by atoms with Gasteiger partial charge in [0, 0.05) is 0 Å². The molecular weight excluding hydrogens is 293 g/mol. The first-order chi connectivity index (χ1) is 9.91. The summed E-state index contributed by atoms with van der Waals surface area (Å²) < 4.78 is 37.7. The van der Waals surface area contributed by atoms with E-state index in [0.717, 1.165) is 6.08 Å². The number of halogens is 1. The molecule has 0 aliphatic carbocycles. The summed E-state index contributed by atoms with van der Waals surface area (Å²) in [7, 11) is -4.02. The Hall–Kier alpha value is -2.47. The van der Waals surface area contributed by atoms with E-state index in [1.165, 1.54) is 36.4 Å². The van der Waals surface area contributed by atoms with Gasteiger partial charge in [-0.2, -0.15) is 0 Å². The molecule has 21 heavy (non-hydrogen) atoms. The van der Waals surface area contributed by atoms with Crippen molar-refractivity contribution in [1.29, 1.82) is 0 Å². The van der Waals surface area contributed by atoms with Crippen molar-refractivity contribution in [1.82, 2.24) is 0 Å². The van der Waals surface area contributed by atoms with Gasteiger partial charge in [-0.1, -0.05) is 30.3 Å². The van der Waals surface area contributed by atoms with E-state index >= 15 is 0 Å². The number of rotatable bonds is 4. The number of amides is 1. The van der Waals surface area contributed by atoms with E-state index in [-0.39, 0.29) is 4.90 Å². The Bertz CT molecular complexity index is 781.